The Morgan fingerprint density at radius 2 is 1.95 bits per heavy atom. The van der Waals surface area contributed by atoms with Gasteiger partial charge in [0.05, 0.1) is 6.61 Å². The zero-order valence-electron chi connectivity index (χ0n) is 14.1. The molecule has 1 aliphatic carbocycles. The second-order valence-electron chi connectivity index (χ2n) is 7.09. The van der Waals surface area contributed by atoms with Gasteiger partial charge in [-0.3, -0.25) is 0 Å². The van der Waals surface area contributed by atoms with E-state index in [0.29, 0.717) is 11.5 Å². The van der Waals surface area contributed by atoms with Gasteiger partial charge in [0, 0.05) is 13.2 Å². The van der Waals surface area contributed by atoms with Crippen LogP contribution in [0.5, 0.6) is 0 Å². The summed E-state index contributed by atoms with van der Waals surface area (Å²) in [7, 11) is 3.87. The minimum atomic E-state index is 0.431. The number of methoxy groups -OCH3 is 1. The molecule has 0 aromatic heterocycles. The summed E-state index contributed by atoms with van der Waals surface area (Å²) < 4.78 is 5.15. The number of hydrogen-bond acceptors (Lipinski definition) is 2. The highest BCUT2D eigenvalue weighted by Crippen LogP contribution is 2.46. The molecule has 118 valence electrons. The maximum absolute atomic E-state index is 5.15. The van der Waals surface area contributed by atoms with E-state index in [2.05, 4.69) is 50.5 Å². The van der Waals surface area contributed by atoms with Crippen LogP contribution in [0.1, 0.15) is 56.7 Å². The molecule has 0 spiro atoms. The fourth-order valence-corrected chi connectivity index (χ4v) is 3.85. The summed E-state index contributed by atoms with van der Waals surface area (Å²) in [6.45, 7) is 5.67. The Labute approximate surface area is 130 Å². The lowest BCUT2D eigenvalue weighted by molar-refractivity contribution is 0.101. The van der Waals surface area contributed by atoms with Crippen molar-refractivity contribution in [3.8, 4) is 0 Å². The second-order valence-corrected chi connectivity index (χ2v) is 7.09. The predicted octanol–water partition coefficient (Wildman–Crippen LogP) is 4.35. The fraction of sp³-hybridized carbons (Fsp3) is 0.684. The summed E-state index contributed by atoms with van der Waals surface area (Å²) in [5.41, 5.74) is 3.22. The third kappa shape index (κ3) is 4.08. The Balaban J connectivity index is 2.13. The molecular formula is C19H31NO. The average molecular weight is 289 g/mol. The van der Waals surface area contributed by atoms with E-state index in [-0.39, 0.29) is 0 Å². The molecule has 1 aromatic rings. The van der Waals surface area contributed by atoms with Crippen LogP contribution in [0.3, 0.4) is 0 Å². The van der Waals surface area contributed by atoms with E-state index >= 15 is 0 Å². The second kappa shape index (κ2) is 7.42. The highest BCUT2D eigenvalue weighted by atomic mass is 16.5. The van der Waals surface area contributed by atoms with E-state index in [1.165, 1.54) is 36.8 Å². The first-order valence-electron chi connectivity index (χ1n) is 8.33. The Morgan fingerprint density at radius 3 is 2.52 bits per heavy atom. The fourth-order valence-electron chi connectivity index (χ4n) is 3.85. The standard InChI is InChI=1S/C19H31NO/c1-19(2)13-6-5-7-17(19)18(20-3)16-10-8-15(9-11-16)12-14-21-4/h8-11,17-18,20H,5-7,12-14H2,1-4H3. The van der Waals surface area contributed by atoms with E-state index in [9.17, 15) is 0 Å². The van der Waals surface area contributed by atoms with Crippen molar-refractivity contribution in [1.29, 1.82) is 0 Å². The van der Waals surface area contributed by atoms with Gasteiger partial charge in [-0.15, -0.1) is 0 Å². The molecule has 2 unspecified atom stereocenters. The Bertz CT molecular complexity index is 424. The summed E-state index contributed by atoms with van der Waals surface area (Å²) in [6.07, 6.45) is 6.44. The molecule has 0 heterocycles. The number of hydrogen-bond donors (Lipinski definition) is 1. The van der Waals surface area contributed by atoms with Crippen molar-refractivity contribution >= 4 is 0 Å². The van der Waals surface area contributed by atoms with E-state index < -0.39 is 0 Å². The SMILES string of the molecule is CNC(c1ccc(CCOC)cc1)C1CCCCC1(C)C. The van der Waals surface area contributed by atoms with Crippen molar-refractivity contribution in [2.24, 2.45) is 11.3 Å². The molecule has 21 heavy (non-hydrogen) atoms. The lowest BCUT2D eigenvalue weighted by atomic mass is 9.65. The van der Waals surface area contributed by atoms with Crippen LogP contribution in [0.4, 0.5) is 0 Å². The van der Waals surface area contributed by atoms with Gasteiger partial charge in [-0.2, -0.15) is 0 Å². The van der Waals surface area contributed by atoms with Crippen molar-refractivity contribution in [2.45, 2.75) is 52.0 Å². The van der Waals surface area contributed by atoms with Crippen LogP contribution in [0.2, 0.25) is 0 Å². The molecule has 2 rings (SSSR count). The van der Waals surface area contributed by atoms with Crippen LogP contribution in [-0.4, -0.2) is 20.8 Å². The van der Waals surface area contributed by atoms with Crippen LogP contribution < -0.4 is 5.32 Å². The molecule has 0 saturated heterocycles. The molecule has 2 nitrogen and oxygen atoms in total. The smallest absolute Gasteiger partial charge is 0.0502 e. The van der Waals surface area contributed by atoms with Gasteiger partial charge in [0.15, 0.2) is 0 Å². The van der Waals surface area contributed by atoms with Gasteiger partial charge in [-0.1, -0.05) is 51.0 Å². The van der Waals surface area contributed by atoms with Crippen LogP contribution >= 0.6 is 0 Å². The Morgan fingerprint density at radius 1 is 1.24 bits per heavy atom. The first-order valence-corrected chi connectivity index (χ1v) is 8.33. The monoisotopic (exact) mass is 289 g/mol. The predicted molar refractivity (Wildman–Crippen MR) is 89.6 cm³/mol. The van der Waals surface area contributed by atoms with Gasteiger partial charge >= 0.3 is 0 Å². The number of rotatable bonds is 6. The van der Waals surface area contributed by atoms with E-state index in [1.54, 1.807) is 7.11 Å². The topological polar surface area (TPSA) is 21.3 Å². The van der Waals surface area contributed by atoms with Crippen molar-refractivity contribution in [3.05, 3.63) is 35.4 Å². The largest absolute Gasteiger partial charge is 0.384 e. The minimum Gasteiger partial charge on any atom is -0.384 e. The van der Waals surface area contributed by atoms with Crippen LogP contribution in [0.15, 0.2) is 24.3 Å². The maximum atomic E-state index is 5.15. The first-order chi connectivity index (χ1) is 10.1. The zero-order valence-corrected chi connectivity index (χ0v) is 14.1. The minimum absolute atomic E-state index is 0.431. The molecule has 1 fully saturated rings. The van der Waals surface area contributed by atoms with Crippen LogP contribution in [-0.2, 0) is 11.2 Å². The molecule has 0 radical (unpaired) electrons. The maximum Gasteiger partial charge on any atom is 0.0502 e. The van der Waals surface area contributed by atoms with Gasteiger partial charge in [0.2, 0.25) is 0 Å². The normalized spacial score (nSPS) is 23.0. The number of ether oxygens (including phenoxy) is 1. The molecule has 0 bridgehead atoms. The molecule has 2 atom stereocenters. The summed E-state index contributed by atoms with van der Waals surface area (Å²) in [5.74, 6) is 0.723. The van der Waals surface area contributed by atoms with Crippen molar-refractivity contribution in [1.82, 2.24) is 5.32 Å². The van der Waals surface area contributed by atoms with Crippen molar-refractivity contribution in [3.63, 3.8) is 0 Å². The third-order valence-electron chi connectivity index (χ3n) is 5.24. The number of nitrogens with one attached hydrogen (secondary N) is 1. The highest BCUT2D eigenvalue weighted by molar-refractivity contribution is 5.26. The quantitative estimate of drug-likeness (QED) is 0.840. The van der Waals surface area contributed by atoms with E-state index in [1.807, 2.05) is 0 Å². The molecule has 0 amide bonds. The molecule has 1 aliphatic rings. The van der Waals surface area contributed by atoms with Crippen molar-refractivity contribution < 1.29 is 4.74 Å². The average Bonchev–Trinajstić information content (AvgIpc) is 2.48. The van der Waals surface area contributed by atoms with Gasteiger partial charge in [-0.25, -0.2) is 0 Å². The van der Waals surface area contributed by atoms with Gasteiger partial charge in [0.25, 0.3) is 0 Å². The lowest BCUT2D eigenvalue weighted by Crippen LogP contribution is -2.37. The van der Waals surface area contributed by atoms with Crippen molar-refractivity contribution in [2.75, 3.05) is 20.8 Å². The summed E-state index contributed by atoms with van der Waals surface area (Å²) in [6, 6.07) is 9.59. The van der Waals surface area contributed by atoms with E-state index in [0.717, 1.165) is 18.9 Å². The van der Waals surface area contributed by atoms with E-state index in [4.69, 9.17) is 4.74 Å². The van der Waals surface area contributed by atoms with Gasteiger partial charge in [-0.05, 0) is 48.8 Å². The zero-order chi connectivity index (χ0) is 15.3. The highest BCUT2D eigenvalue weighted by Gasteiger charge is 2.37. The first kappa shape index (κ1) is 16.5. The lowest BCUT2D eigenvalue weighted by Gasteiger charge is -2.43. The van der Waals surface area contributed by atoms with Gasteiger partial charge < -0.3 is 10.1 Å². The van der Waals surface area contributed by atoms with Crippen LogP contribution in [0, 0.1) is 11.3 Å². The Kier molecular flexibility index (Phi) is 5.83. The summed E-state index contributed by atoms with van der Waals surface area (Å²) >= 11 is 0. The molecular weight excluding hydrogens is 258 g/mol. The van der Waals surface area contributed by atoms with Gasteiger partial charge in [0.1, 0.15) is 0 Å². The summed E-state index contributed by atoms with van der Waals surface area (Å²) in [4.78, 5) is 0. The molecule has 1 aromatic carbocycles. The summed E-state index contributed by atoms with van der Waals surface area (Å²) in [5, 5.41) is 3.58. The number of benzene rings is 1. The molecule has 0 aliphatic heterocycles. The molecule has 1 N–H and O–H groups in total. The van der Waals surface area contributed by atoms with Crippen LogP contribution in [0.25, 0.3) is 0 Å². The Hall–Kier alpha value is -0.860. The third-order valence-corrected chi connectivity index (χ3v) is 5.24. The molecule has 2 heteroatoms. The molecule has 1 saturated carbocycles.